The summed E-state index contributed by atoms with van der Waals surface area (Å²) in [5.41, 5.74) is 0. The quantitative estimate of drug-likeness (QED) is 0.481. The molecule has 1 aliphatic rings. The molecule has 11 nitrogen and oxygen atoms in total. The number of rotatable bonds is 5. The Hall–Kier alpha value is -2.69. The van der Waals surface area contributed by atoms with Gasteiger partial charge in [-0.1, -0.05) is 0 Å². The van der Waals surface area contributed by atoms with E-state index in [2.05, 4.69) is 0 Å². The Morgan fingerprint density at radius 3 is 1.48 bits per heavy atom. The molecule has 0 saturated carbocycles. The first-order chi connectivity index (χ1) is 11.5. The van der Waals surface area contributed by atoms with Crippen molar-refractivity contribution in [1.82, 2.24) is 0 Å². The number of ether oxygens (including phenoxy) is 5. The largest absolute Gasteiger partial charge is 0.479 e. The first-order valence-electron chi connectivity index (χ1n) is 7.10. The third-order valence-electron chi connectivity index (χ3n) is 2.93. The van der Waals surface area contributed by atoms with E-state index in [9.17, 15) is 29.1 Å². The van der Waals surface area contributed by atoms with Gasteiger partial charge in [0.1, 0.15) is 0 Å². The molecule has 0 aromatic carbocycles. The third kappa shape index (κ3) is 5.71. The van der Waals surface area contributed by atoms with Crippen molar-refractivity contribution in [2.45, 2.75) is 58.4 Å². The Morgan fingerprint density at radius 2 is 1.08 bits per heavy atom. The van der Waals surface area contributed by atoms with E-state index in [1.54, 1.807) is 0 Å². The van der Waals surface area contributed by atoms with Crippen molar-refractivity contribution in [3.05, 3.63) is 0 Å². The summed E-state index contributed by atoms with van der Waals surface area (Å²) in [4.78, 5) is 56.7. The highest BCUT2D eigenvalue weighted by Gasteiger charge is 2.55. The van der Waals surface area contributed by atoms with Gasteiger partial charge in [0.05, 0.1) is 0 Å². The van der Waals surface area contributed by atoms with Crippen LogP contribution < -0.4 is 0 Å². The summed E-state index contributed by atoms with van der Waals surface area (Å²) in [5, 5.41) is 9.29. The second-order valence-corrected chi connectivity index (χ2v) is 5.09. The van der Waals surface area contributed by atoms with Crippen LogP contribution in [0.5, 0.6) is 0 Å². The van der Waals surface area contributed by atoms with Crippen molar-refractivity contribution in [1.29, 1.82) is 0 Å². The highest BCUT2D eigenvalue weighted by Crippen LogP contribution is 2.29. The van der Waals surface area contributed by atoms with E-state index in [-0.39, 0.29) is 0 Å². The fourth-order valence-corrected chi connectivity index (χ4v) is 2.23. The Labute approximate surface area is 142 Å². The van der Waals surface area contributed by atoms with Crippen LogP contribution in [0.2, 0.25) is 0 Å². The van der Waals surface area contributed by atoms with E-state index < -0.39 is 60.6 Å². The maximum absolute atomic E-state index is 11.4. The lowest BCUT2D eigenvalue weighted by Crippen LogP contribution is -2.63. The van der Waals surface area contributed by atoms with Crippen molar-refractivity contribution < 1.29 is 52.8 Å². The normalized spacial score (nSPS) is 28.4. The van der Waals surface area contributed by atoms with Gasteiger partial charge in [-0.3, -0.25) is 19.2 Å². The van der Waals surface area contributed by atoms with E-state index in [4.69, 9.17) is 23.7 Å². The average molecular weight is 362 g/mol. The number of hydrogen-bond acceptors (Lipinski definition) is 10. The van der Waals surface area contributed by atoms with Crippen LogP contribution >= 0.6 is 0 Å². The van der Waals surface area contributed by atoms with Gasteiger partial charge in [-0.2, -0.15) is 0 Å². The molecular formula is C14H18O11. The van der Waals surface area contributed by atoms with Gasteiger partial charge in [0.25, 0.3) is 0 Å². The molecule has 0 aromatic rings. The number of carbonyl (C=O) groups is 5. The maximum atomic E-state index is 11.4. The molecule has 5 atom stereocenters. The SMILES string of the molecule is CC(=O)OC1O[C@H](C(=O)O)C(OC(C)=O)C(OC(C)=O)C1OC(C)=O. The Morgan fingerprint density at radius 1 is 0.680 bits per heavy atom. The fraction of sp³-hybridized carbons (Fsp3) is 0.643. The predicted molar refractivity (Wildman–Crippen MR) is 74.7 cm³/mol. The van der Waals surface area contributed by atoms with Crippen LogP contribution in [0.3, 0.4) is 0 Å². The molecule has 1 saturated heterocycles. The summed E-state index contributed by atoms with van der Waals surface area (Å²) >= 11 is 0. The highest BCUT2D eigenvalue weighted by molar-refractivity contribution is 5.75. The average Bonchev–Trinajstić information content (AvgIpc) is 2.42. The molecule has 1 rings (SSSR count). The van der Waals surface area contributed by atoms with E-state index in [0.29, 0.717) is 0 Å². The summed E-state index contributed by atoms with van der Waals surface area (Å²) in [6, 6.07) is 0. The molecule has 0 aliphatic carbocycles. The van der Waals surface area contributed by atoms with E-state index in [0.717, 1.165) is 27.7 Å². The van der Waals surface area contributed by atoms with Crippen molar-refractivity contribution in [2.75, 3.05) is 0 Å². The van der Waals surface area contributed by atoms with Crippen molar-refractivity contribution in [3.63, 3.8) is 0 Å². The molecule has 0 radical (unpaired) electrons. The number of esters is 4. The summed E-state index contributed by atoms with van der Waals surface area (Å²) in [6.45, 7) is 4.06. The zero-order chi connectivity index (χ0) is 19.3. The van der Waals surface area contributed by atoms with Crippen LogP contribution in [0.25, 0.3) is 0 Å². The number of carboxylic acid groups (broad SMARTS) is 1. The second-order valence-electron chi connectivity index (χ2n) is 5.09. The van der Waals surface area contributed by atoms with Crippen LogP contribution in [0.15, 0.2) is 0 Å². The Balaban J connectivity index is 3.33. The molecule has 4 unspecified atom stereocenters. The second kappa shape index (κ2) is 8.42. The molecule has 1 fully saturated rings. The lowest BCUT2D eigenvalue weighted by molar-refractivity contribution is -0.293. The van der Waals surface area contributed by atoms with Gasteiger partial charge in [0.15, 0.2) is 18.3 Å². The molecule has 25 heavy (non-hydrogen) atoms. The van der Waals surface area contributed by atoms with E-state index >= 15 is 0 Å². The molecule has 0 amide bonds. The summed E-state index contributed by atoms with van der Waals surface area (Å²) in [7, 11) is 0. The Kier molecular flexibility index (Phi) is 6.86. The van der Waals surface area contributed by atoms with E-state index in [1.165, 1.54) is 0 Å². The minimum atomic E-state index is -1.83. The summed E-state index contributed by atoms with van der Waals surface area (Å²) < 4.78 is 24.8. The fourth-order valence-electron chi connectivity index (χ4n) is 2.23. The van der Waals surface area contributed by atoms with Crippen LogP contribution in [-0.2, 0) is 47.7 Å². The molecule has 1 N–H and O–H groups in total. The van der Waals surface area contributed by atoms with Gasteiger partial charge in [-0.15, -0.1) is 0 Å². The molecular weight excluding hydrogens is 344 g/mol. The first kappa shape index (κ1) is 20.4. The zero-order valence-electron chi connectivity index (χ0n) is 13.9. The highest BCUT2D eigenvalue weighted by atomic mass is 16.7. The topological polar surface area (TPSA) is 152 Å². The van der Waals surface area contributed by atoms with Gasteiger partial charge in [0.2, 0.25) is 12.4 Å². The summed E-state index contributed by atoms with van der Waals surface area (Å²) in [5.74, 6) is -5.03. The van der Waals surface area contributed by atoms with E-state index in [1.807, 2.05) is 0 Å². The first-order valence-corrected chi connectivity index (χ1v) is 7.10. The van der Waals surface area contributed by atoms with Crippen molar-refractivity contribution >= 4 is 29.8 Å². The zero-order valence-corrected chi connectivity index (χ0v) is 13.9. The van der Waals surface area contributed by atoms with Crippen LogP contribution in [0.4, 0.5) is 0 Å². The number of hydrogen-bond donors (Lipinski definition) is 1. The number of carboxylic acids is 1. The predicted octanol–water partition coefficient (Wildman–Crippen LogP) is -0.846. The standard InChI is InChI=1S/C14H18O11/c1-5(15)21-9-10(22-6(2)16)12(23-7(3)17)14(24-8(4)18)25-11(9)13(19)20/h9-12,14H,1-4H3,(H,19,20)/t9?,10?,11-,12?,14?/m0/s1. The molecule has 11 heteroatoms. The summed E-state index contributed by atoms with van der Waals surface area (Å²) in [6.07, 6.45) is -8.24. The lowest BCUT2D eigenvalue weighted by Gasteiger charge is -2.42. The van der Waals surface area contributed by atoms with Crippen LogP contribution in [-0.4, -0.2) is 65.7 Å². The van der Waals surface area contributed by atoms with Gasteiger partial charge in [0, 0.05) is 27.7 Å². The van der Waals surface area contributed by atoms with Gasteiger partial charge in [-0.05, 0) is 0 Å². The minimum absolute atomic E-state index is 0.849. The van der Waals surface area contributed by atoms with Crippen molar-refractivity contribution in [3.8, 4) is 0 Å². The molecule has 1 heterocycles. The van der Waals surface area contributed by atoms with Gasteiger partial charge >= 0.3 is 29.8 Å². The molecule has 0 spiro atoms. The third-order valence-corrected chi connectivity index (χ3v) is 2.93. The Bertz CT molecular complexity index is 569. The number of aliphatic carboxylic acids is 1. The number of carbonyl (C=O) groups excluding carboxylic acids is 4. The van der Waals surface area contributed by atoms with Gasteiger partial charge in [-0.25, -0.2) is 4.79 Å². The minimum Gasteiger partial charge on any atom is -0.479 e. The lowest BCUT2D eigenvalue weighted by atomic mass is 9.98. The molecule has 0 bridgehead atoms. The van der Waals surface area contributed by atoms with Crippen molar-refractivity contribution in [2.24, 2.45) is 0 Å². The van der Waals surface area contributed by atoms with Crippen LogP contribution in [0, 0.1) is 0 Å². The molecule has 0 aromatic heterocycles. The molecule has 1 aliphatic heterocycles. The van der Waals surface area contributed by atoms with Gasteiger partial charge < -0.3 is 28.8 Å². The van der Waals surface area contributed by atoms with Crippen LogP contribution in [0.1, 0.15) is 27.7 Å². The smallest absolute Gasteiger partial charge is 0.337 e. The maximum Gasteiger partial charge on any atom is 0.337 e. The monoisotopic (exact) mass is 362 g/mol. The molecule has 140 valence electrons.